The second-order valence-electron chi connectivity index (χ2n) is 4.90. The average Bonchev–Trinajstić information content (AvgIpc) is 2.62. The van der Waals surface area contributed by atoms with Crippen LogP contribution in [-0.2, 0) is 4.74 Å². The number of hydrogen-bond acceptors (Lipinski definition) is 6. The van der Waals surface area contributed by atoms with Gasteiger partial charge in [0.1, 0.15) is 5.69 Å². The van der Waals surface area contributed by atoms with Crippen LogP contribution in [0.5, 0.6) is 0 Å². The zero-order chi connectivity index (χ0) is 19.3. The van der Waals surface area contributed by atoms with Gasteiger partial charge in [0, 0.05) is 16.7 Å². The highest BCUT2D eigenvalue weighted by atomic mass is 35.5. The SMILES string of the molecule is COC(=O)c1cccc(C(=O)NC(=S)Nc2ccc(Cl)cc2[N+](=O)[O-])c1. The molecule has 0 atom stereocenters. The Morgan fingerprint density at radius 3 is 2.54 bits per heavy atom. The second-order valence-corrected chi connectivity index (χ2v) is 5.74. The lowest BCUT2D eigenvalue weighted by molar-refractivity contribution is -0.383. The summed E-state index contributed by atoms with van der Waals surface area (Å²) in [6.45, 7) is 0. The molecule has 0 saturated heterocycles. The van der Waals surface area contributed by atoms with Crippen LogP contribution in [0.1, 0.15) is 20.7 Å². The van der Waals surface area contributed by atoms with Gasteiger partial charge in [-0.1, -0.05) is 17.7 Å². The maximum Gasteiger partial charge on any atom is 0.337 e. The van der Waals surface area contributed by atoms with Gasteiger partial charge in [-0.25, -0.2) is 4.79 Å². The number of halogens is 1. The van der Waals surface area contributed by atoms with Gasteiger partial charge in [-0.2, -0.15) is 0 Å². The first-order chi connectivity index (χ1) is 12.3. The smallest absolute Gasteiger partial charge is 0.337 e. The maximum absolute atomic E-state index is 12.2. The van der Waals surface area contributed by atoms with Gasteiger partial charge in [0.05, 0.1) is 17.6 Å². The van der Waals surface area contributed by atoms with Crippen LogP contribution in [0.2, 0.25) is 5.02 Å². The van der Waals surface area contributed by atoms with E-state index in [1.165, 1.54) is 43.5 Å². The summed E-state index contributed by atoms with van der Waals surface area (Å²) in [7, 11) is 1.23. The Morgan fingerprint density at radius 1 is 1.19 bits per heavy atom. The molecule has 2 aromatic rings. The zero-order valence-electron chi connectivity index (χ0n) is 13.3. The molecule has 26 heavy (non-hydrogen) atoms. The molecule has 1 amide bonds. The molecule has 0 heterocycles. The Morgan fingerprint density at radius 2 is 1.88 bits per heavy atom. The number of rotatable bonds is 4. The van der Waals surface area contributed by atoms with Crippen LogP contribution in [-0.4, -0.2) is 29.0 Å². The number of ether oxygens (including phenoxy) is 1. The lowest BCUT2D eigenvalue weighted by Gasteiger charge is -2.10. The molecule has 2 N–H and O–H groups in total. The van der Waals surface area contributed by atoms with Gasteiger partial charge in [0.2, 0.25) is 0 Å². The quantitative estimate of drug-likeness (QED) is 0.355. The third-order valence-corrected chi connectivity index (χ3v) is 3.62. The standard InChI is InChI=1S/C16H12ClN3O5S/c1-25-15(22)10-4-2-3-9(7-10)14(21)19-16(26)18-12-6-5-11(17)8-13(12)20(23)24/h2-8H,1H3,(H2,18,19,21,26). The van der Waals surface area contributed by atoms with Crippen molar-refractivity contribution in [3.63, 3.8) is 0 Å². The van der Waals surface area contributed by atoms with Gasteiger partial charge in [0.15, 0.2) is 5.11 Å². The number of nitrogens with zero attached hydrogens (tertiary/aromatic N) is 1. The van der Waals surface area contributed by atoms with E-state index in [1.54, 1.807) is 0 Å². The molecule has 0 aromatic heterocycles. The van der Waals surface area contributed by atoms with E-state index >= 15 is 0 Å². The fraction of sp³-hybridized carbons (Fsp3) is 0.0625. The summed E-state index contributed by atoms with van der Waals surface area (Å²) < 4.78 is 4.59. The summed E-state index contributed by atoms with van der Waals surface area (Å²) in [5, 5.41) is 16.1. The number of nitro groups is 1. The van der Waals surface area contributed by atoms with Crippen LogP contribution in [0.3, 0.4) is 0 Å². The van der Waals surface area contributed by atoms with Gasteiger partial charge in [-0.05, 0) is 42.5 Å². The fourth-order valence-electron chi connectivity index (χ4n) is 2.00. The van der Waals surface area contributed by atoms with Crippen molar-refractivity contribution in [2.24, 2.45) is 0 Å². The fourth-order valence-corrected chi connectivity index (χ4v) is 2.36. The number of carbonyl (C=O) groups excluding carboxylic acids is 2. The number of benzene rings is 2. The molecular formula is C16H12ClN3O5S. The molecule has 0 unspecified atom stereocenters. The Balaban J connectivity index is 2.12. The van der Waals surface area contributed by atoms with Crippen LogP contribution >= 0.6 is 23.8 Å². The third kappa shape index (κ3) is 4.74. The minimum Gasteiger partial charge on any atom is -0.465 e. The number of carbonyl (C=O) groups is 2. The van der Waals surface area contributed by atoms with Crippen molar-refractivity contribution in [1.29, 1.82) is 0 Å². The molecule has 0 aliphatic heterocycles. The van der Waals surface area contributed by atoms with E-state index in [1.807, 2.05) is 0 Å². The number of hydrogen-bond donors (Lipinski definition) is 2. The molecule has 0 bridgehead atoms. The Labute approximate surface area is 158 Å². The van der Waals surface area contributed by atoms with Crippen molar-refractivity contribution in [1.82, 2.24) is 5.32 Å². The Hall–Kier alpha value is -3.04. The first-order valence-electron chi connectivity index (χ1n) is 7.06. The highest BCUT2D eigenvalue weighted by molar-refractivity contribution is 7.80. The van der Waals surface area contributed by atoms with Crippen LogP contribution < -0.4 is 10.6 Å². The molecule has 2 rings (SSSR count). The summed E-state index contributed by atoms with van der Waals surface area (Å²) >= 11 is 10.7. The van der Waals surface area contributed by atoms with Crippen LogP contribution in [0.25, 0.3) is 0 Å². The summed E-state index contributed by atoms with van der Waals surface area (Å²) in [4.78, 5) is 34.2. The molecule has 10 heteroatoms. The highest BCUT2D eigenvalue weighted by Crippen LogP contribution is 2.27. The summed E-state index contributed by atoms with van der Waals surface area (Å²) in [5.74, 6) is -1.18. The Kier molecular flexibility index (Phi) is 6.21. The van der Waals surface area contributed by atoms with Crippen molar-refractivity contribution >= 4 is 52.2 Å². The van der Waals surface area contributed by atoms with Gasteiger partial charge in [0.25, 0.3) is 11.6 Å². The predicted octanol–water partition coefficient (Wildman–Crippen LogP) is 3.16. The topological polar surface area (TPSA) is 111 Å². The second kappa shape index (κ2) is 8.37. The molecular weight excluding hydrogens is 382 g/mol. The molecule has 134 valence electrons. The molecule has 0 aliphatic carbocycles. The molecule has 8 nitrogen and oxygen atoms in total. The van der Waals surface area contributed by atoms with E-state index in [4.69, 9.17) is 23.8 Å². The van der Waals surface area contributed by atoms with Crippen molar-refractivity contribution in [2.45, 2.75) is 0 Å². The monoisotopic (exact) mass is 393 g/mol. The molecule has 0 spiro atoms. The van der Waals surface area contributed by atoms with E-state index < -0.39 is 16.8 Å². The van der Waals surface area contributed by atoms with E-state index in [9.17, 15) is 19.7 Å². The minimum absolute atomic E-state index is 0.0769. The van der Waals surface area contributed by atoms with E-state index in [2.05, 4.69) is 15.4 Å². The first-order valence-corrected chi connectivity index (χ1v) is 7.85. The summed E-state index contributed by atoms with van der Waals surface area (Å²) in [5.41, 5.74) is 0.157. The number of nitro benzene ring substituents is 1. The van der Waals surface area contributed by atoms with Gasteiger partial charge in [-0.3, -0.25) is 20.2 Å². The van der Waals surface area contributed by atoms with Crippen molar-refractivity contribution < 1.29 is 19.2 Å². The van der Waals surface area contributed by atoms with Gasteiger partial charge < -0.3 is 10.1 Å². The van der Waals surface area contributed by atoms with Gasteiger partial charge >= 0.3 is 5.97 Å². The Bertz CT molecular complexity index is 903. The maximum atomic E-state index is 12.2. The number of anilines is 1. The van der Waals surface area contributed by atoms with Crippen LogP contribution in [0.4, 0.5) is 11.4 Å². The van der Waals surface area contributed by atoms with E-state index in [0.29, 0.717) is 0 Å². The van der Waals surface area contributed by atoms with Crippen molar-refractivity contribution in [2.75, 3.05) is 12.4 Å². The van der Waals surface area contributed by atoms with E-state index in [-0.39, 0.29) is 32.6 Å². The lowest BCUT2D eigenvalue weighted by atomic mass is 10.1. The van der Waals surface area contributed by atoms with Crippen molar-refractivity contribution in [3.05, 3.63) is 68.7 Å². The first kappa shape index (κ1) is 19.3. The number of thiocarbonyl (C=S) groups is 1. The molecule has 0 saturated carbocycles. The largest absolute Gasteiger partial charge is 0.465 e. The molecule has 0 radical (unpaired) electrons. The molecule has 0 fully saturated rings. The van der Waals surface area contributed by atoms with Crippen LogP contribution in [0.15, 0.2) is 42.5 Å². The number of amides is 1. The summed E-state index contributed by atoms with van der Waals surface area (Å²) in [6, 6.07) is 9.81. The van der Waals surface area contributed by atoms with E-state index in [0.717, 1.165) is 6.07 Å². The number of nitrogens with one attached hydrogen (secondary N) is 2. The lowest BCUT2D eigenvalue weighted by Crippen LogP contribution is -2.34. The normalized spacial score (nSPS) is 9.92. The van der Waals surface area contributed by atoms with Gasteiger partial charge in [-0.15, -0.1) is 0 Å². The minimum atomic E-state index is -0.627. The zero-order valence-corrected chi connectivity index (χ0v) is 14.9. The third-order valence-electron chi connectivity index (χ3n) is 3.18. The molecule has 0 aliphatic rings. The molecule has 2 aromatic carbocycles. The van der Waals surface area contributed by atoms with Crippen LogP contribution in [0, 0.1) is 10.1 Å². The number of esters is 1. The average molecular weight is 394 g/mol. The predicted molar refractivity (Wildman–Crippen MR) is 99.6 cm³/mol. The summed E-state index contributed by atoms with van der Waals surface area (Å²) in [6.07, 6.45) is 0. The highest BCUT2D eigenvalue weighted by Gasteiger charge is 2.17. The van der Waals surface area contributed by atoms with Crippen molar-refractivity contribution in [3.8, 4) is 0 Å². The number of methoxy groups -OCH3 is 1.